The molecule has 15 heteroatoms. The maximum absolute atomic E-state index is 13.9. The van der Waals surface area contributed by atoms with Gasteiger partial charge in [-0.25, -0.2) is 4.79 Å². The first-order valence-electron chi connectivity index (χ1n) is 18.3. The Morgan fingerprint density at radius 3 is 2.08 bits per heavy atom. The number of hydrogen-bond acceptors (Lipinski definition) is 9. The van der Waals surface area contributed by atoms with E-state index in [2.05, 4.69) is 20.9 Å². The molecule has 0 saturated carbocycles. The van der Waals surface area contributed by atoms with E-state index in [4.69, 9.17) is 32.4 Å². The van der Waals surface area contributed by atoms with Crippen LogP contribution in [0.5, 0.6) is 0 Å². The minimum atomic E-state index is -0.981. The van der Waals surface area contributed by atoms with Crippen molar-refractivity contribution < 1.29 is 33.4 Å². The van der Waals surface area contributed by atoms with E-state index in [9.17, 15) is 24.0 Å². The van der Waals surface area contributed by atoms with Crippen molar-refractivity contribution in [1.29, 1.82) is 0 Å². The third kappa shape index (κ3) is 16.9. The van der Waals surface area contributed by atoms with E-state index in [1.54, 1.807) is 0 Å². The van der Waals surface area contributed by atoms with E-state index in [-0.39, 0.29) is 56.5 Å². The Labute approximate surface area is 311 Å². The topological polar surface area (TPSA) is 256 Å². The number of nitrogens with two attached hydrogens (primary N) is 4. The molecule has 0 radical (unpaired) electrons. The van der Waals surface area contributed by atoms with E-state index >= 15 is 0 Å². The first-order valence-corrected chi connectivity index (χ1v) is 18.3. The van der Waals surface area contributed by atoms with Gasteiger partial charge in [-0.2, -0.15) is 0 Å². The van der Waals surface area contributed by atoms with Crippen LogP contribution in [-0.4, -0.2) is 80.0 Å². The quantitative estimate of drug-likeness (QED) is 0.0492. The van der Waals surface area contributed by atoms with Gasteiger partial charge in [-0.3, -0.25) is 24.2 Å². The van der Waals surface area contributed by atoms with Crippen molar-refractivity contribution in [1.82, 2.24) is 16.0 Å². The Bertz CT molecular complexity index is 1470. The van der Waals surface area contributed by atoms with Gasteiger partial charge in [0.15, 0.2) is 11.7 Å². The van der Waals surface area contributed by atoms with Crippen LogP contribution >= 0.6 is 0 Å². The molecule has 0 spiro atoms. The minimum absolute atomic E-state index is 0.0865. The van der Waals surface area contributed by atoms with Gasteiger partial charge in [0.25, 0.3) is 0 Å². The van der Waals surface area contributed by atoms with Gasteiger partial charge in [-0.15, -0.1) is 0 Å². The molecule has 290 valence electrons. The molecule has 1 aliphatic heterocycles. The lowest BCUT2D eigenvalue weighted by atomic mass is 9.84. The van der Waals surface area contributed by atoms with Gasteiger partial charge in [0, 0.05) is 38.6 Å². The molecule has 11 N–H and O–H groups in total. The number of ether oxygens (including phenoxy) is 2. The summed E-state index contributed by atoms with van der Waals surface area (Å²) < 4.78 is 10.7. The molecule has 1 heterocycles. The van der Waals surface area contributed by atoms with Crippen LogP contribution in [0.4, 0.5) is 4.79 Å². The predicted molar refractivity (Wildman–Crippen MR) is 201 cm³/mol. The van der Waals surface area contributed by atoms with Gasteiger partial charge in [-0.1, -0.05) is 60.7 Å². The smallest absolute Gasteiger partial charge is 0.407 e. The van der Waals surface area contributed by atoms with Crippen LogP contribution in [0.3, 0.4) is 0 Å². The molecule has 2 aromatic rings. The summed E-state index contributed by atoms with van der Waals surface area (Å²) in [5.74, 6) is -2.76. The number of carbonyl (C=O) groups is 5. The normalized spacial score (nSPS) is 15.2. The Morgan fingerprint density at radius 2 is 1.43 bits per heavy atom. The standard InChI is InChI=1S/C38H56N8O7/c39-30(23-26-10-3-1-4-11-26)36(50)45-31(15-9-19-43-37(41)42)33(47)24-29(22-27-16-20-52-21-17-27)35(49)46-32(34(40)48)14-7-8-18-44-38(51)53-25-28-12-5-2-6-13-28/h1-6,10-13,27,29-32H,7-9,14-25,39H2,(H2,40,48)(H,44,51)(H,45,50)(H,46,49)(H4,41,42,43)/t29-,30+,31-,32+/m1/s1. The Hall–Kier alpha value is -5.02. The third-order valence-corrected chi connectivity index (χ3v) is 9.12. The van der Waals surface area contributed by atoms with E-state index in [0.29, 0.717) is 45.4 Å². The van der Waals surface area contributed by atoms with Gasteiger partial charge < -0.3 is 48.4 Å². The van der Waals surface area contributed by atoms with Crippen LogP contribution in [0, 0.1) is 11.8 Å². The first-order chi connectivity index (χ1) is 25.5. The van der Waals surface area contributed by atoms with Crippen LogP contribution < -0.4 is 38.9 Å². The third-order valence-electron chi connectivity index (χ3n) is 9.12. The number of hydrogen-bond donors (Lipinski definition) is 7. The van der Waals surface area contributed by atoms with Crippen molar-refractivity contribution >= 4 is 35.6 Å². The second-order valence-electron chi connectivity index (χ2n) is 13.4. The lowest BCUT2D eigenvalue weighted by molar-refractivity contribution is -0.134. The first kappa shape index (κ1) is 42.4. The predicted octanol–water partition coefficient (Wildman–Crippen LogP) is 1.55. The average Bonchev–Trinajstić information content (AvgIpc) is 3.15. The highest BCUT2D eigenvalue weighted by molar-refractivity contribution is 5.94. The van der Waals surface area contributed by atoms with Gasteiger partial charge in [0.05, 0.1) is 12.1 Å². The van der Waals surface area contributed by atoms with Crippen LogP contribution in [0.25, 0.3) is 0 Å². The number of benzene rings is 2. The molecule has 1 aliphatic rings. The number of rotatable bonds is 23. The number of primary amides is 1. The Morgan fingerprint density at radius 1 is 0.811 bits per heavy atom. The number of guanidine groups is 1. The largest absolute Gasteiger partial charge is 0.445 e. The minimum Gasteiger partial charge on any atom is -0.445 e. The molecule has 0 unspecified atom stereocenters. The second-order valence-corrected chi connectivity index (χ2v) is 13.4. The summed E-state index contributed by atoms with van der Waals surface area (Å²) in [6.07, 6.45) is 3.23. The fraction of sp³-hybridized carbons (Fsp3) is 0.526. The average molecular weight is 737 g/mol. The van der Waals surface area contributed by atoms with E-state index < -0.39 is 47.9 Å². The number of aliphatic imine (C=N–C) groups is 1. The SMILES string of the molecule is NC(=O)[C@H](CCCCNC(=O)OCc1ccccc1)NC(=O)[C@@H](CC(=O)[C@@H](CCCN=C(N)N)NC(=O)[C@@H](N)Cc1ccccc1)CC1CCOCC1. The molecule has 0 bridgehead atoms. The van der Waals surface area contributed by atoms with Crippen molar-refractivity contribution in [3.05, 3.63) is 71.8 Å². The number of unbranched alkanes of at least 4 members (excludes halogenated alkanes) is 1. The summed E-state index contributed by atoms with van der Waals surface area (Å²) in [5, 5.41) is 8.26. The summed E-state index contributed by atoms with van der Waals surface area (Å²) in [5.41, 5.74) is 24.6. The maximum atomic E-state index is 13.9. The van der Waals surface area contributed by atoms with Gasteiger partial charge in [-0.05, 0) is 74.8 Å². The van der Waals surface area contributed by atoms with Crippen LogP contribution in [0.2, 0.25) is 0 Å². The van der Waals surface area contributed by atoms with Crippen LogP contribution in [-0.2, 0) is 41.7 Å². The summed E-state index contributed by atoms with van der Waals surface area (Å²) in [6, 6.07) is 15.8. The lowest BCUT2D eigenvalue weighted by Crippen LogP contribution is -2.51. The molecule has 53 heavy (non-hydrogen) atoms. The number of carbonyl (C=O) groups excluding carboxylic acids is 5. The highest BCUT2D eigenvalue weighted by Gasteiger charge is 2.32. The molecule has 3 rings (SSSR count). The molecular formula is C38H56N8O7. The molecule has 4 amide bonds. The molecule has 4 atom stereocenters. The second kappa shape index (κ2) is 23.5. The zero-order chi connectivity index (χ0) is 38.4. The number of nitrogens with one attached hydrogen (secondary N) is 3. The number of amides is 4. The number of alkyl carbamates (subject to hydrolysis) is 1. The number of Topliss-reactive ketones (excluding diaryl/α,β-unsaturated/α-hetero) is 1. The summed E-state index contributed by atoms with van der Waals surface area (Å²) in [4.78, 5) is 69.4. The highest BCUT2D eigenvalue weighted by atomic mass is 16.5. The van der Waals surface area contributed by atoms with Crippen molar-refractivity contribution in [3.8, 4) is 0 Å². The molecule has 1 saturated heterocycles. The molecule has 0 aromatic heterocycles. The van der Waals surface area contributed by atoms with Crippen LogP contribution in [0.1, 0.15) is 68.9 Å². The fourth-order valence-corrected chi connectivity index (χ4v) is 6.12. The molecular weight excluding hydrogens is 680 g/mol. The van der Waals surface area contributed by atoms with E-state index in [0.717, 1.165) is 24.0 Å². The Kier molecular flexibility index (Phi) is 18.8. The monoisotopic (exact) mass is 736 g/mol. The summed E-state index contributed by atoms with van der Waals surface area (Å²) >= 11 is 0. The molecule has 2 aromatic carbocycles. The van der Waals surface area contributed by atoms with Crippen molar-refractivity contribution in [2.45, 2.75) is 88.9 Å². The molecule has 15 nitrogen and oxygen atoms in total. The van der Waals surface area contributed by atoms with E-state index in [1.165, 1.54) is 0 Å². The molecule has 0 aliphatic carbocycles. The lowest BCUT2D eigenvalue weighted by Gasteiger charge is -2.28. The van der Waals surface area contributed by atoms with Crippen LogP contribution in [0.15, 0.2) is 65.7 Å². The van der Waals surface area contributed by atoms with Crippen molar-refractivity contribution in [3.63, 3.8) is 0 Å². The van der Waals surface area contributed by atoms with Gasteiger partial charge >= 0.3 is 6.09 Å². The molecule has 1 fully saturated rings. The zero-order valence-corrected chi connectivity index (χ0v) is 30.4. The van der Waals surface area contributed by atoms with E-state index in [1.807, 2.05) is 60.7 Å². The fourth-order valence-electron chi connectivity index (χ4n) is 6.12. The Balaban J connectivity index is 1.61. The summed E-state index contributed by atoms with van der Waals surface area (Å²) in [6.45, 7) is 1.79. The maximum Gasteiger partial charge on any atom is 0.407 e. The summed E-state index contributed by atoms with van der Waals surface area (Å²) in [7, 11) is 0. The van der Waals surface area contributed by atoms with Crippen molar-refractivity contribution in [2.24, 2.45) is 39.8 Å². The number of nitrogens with zero attached hydrogens (tertiary/aromatic N) is 1. The van der Waals surface area contributed by atoms with Gasteiger partial charge in [0.1, 0.15) is 12.6 Å². The van der Waals surface area contributed by atoms with Crippen molar-refractivity contribution in [2.75, 3.05) is 26.3 Å². The van der Waals surface area contributed by atoms with Gasteiger partial charge in [0.2, 0.25) is 17.7 Å². The number of ketones is 1. The highest BCUT2D eigenvalue weighted by Crippen LogP contribution is 2.26. The zero-order valence-electron chi connectivity index (χ0n) is 30.4.